The van der Waals surface area contributed by atoms with Crippen LogP contribution >= 0.6 is 22.7 Å². The van der Waals surface area contributed by atoms with Crippen molar-refractivity contribution in [2.24, 2.45) is 11.5 Å². The van der Waals surface area contributed by atoms with Crippen molar-refractivity contribution >= 4 is 50.4 Å². The second kappa shape index (κ2) is 17.1. The highest BCUT2D eigenvalue weighted by atomic mass is 32.1. The number of amides is 1. The molecule has 7 N–H and O–H groups in total. The van der Waals surface area contributed by atoms with E-state index >= 15 is 0 Å². The van der Waals surface area contributed by atoms with Crippen molar-refractivity contribution in [2.45, 2.75) is 145 Å². The van der Waals surface area contributed by atoms with Gasteiger partial charge in [-0.25, -0.2) is 0 Å². The average Bonchev–Trinajstić information content (AvgIpc) is 3.78. The van der Waals surface area contributed by atoms with Gasteiger partial charge in [-0.1, -0.05) is 77.0 Å². The highest BCUT2D eigenvalue weighted by Crippen LogP contribution is 2.43. The summed E-state index contributed by atoms with van der Waals surface area (Å²) in [6, 6.07) is 3.46. The van der Waals surface area contributed by atoms with Crippen LogP contribution in [0.4, 0.5) is 11.6 Å². The highest BCUT2D eigenvalue weighted by molar-refractivity contribution is 7.19. The second-order valence-corrected chi connectivity index (χ2v) is 17.3. The van der Waals surface area contributed by atoms with E-state index in [2.05, 4.69) is 32.3 Å². The van der Waals surface area contributed by atoms with Gasteiger partial charge < -0.3 is 36.2 Å². The Labute approximate surface area is 310 Å². The Balaban J connectivity index is 1.19. The highest BCUT2D eigenvalue weighted by Gasteiger charge is 2.49. The number of morpholine rings is 1. The van der Waals surface area contributed by atoms with Crippen LogP contribution < -0.4 is 37.7 Å². The Kier molecular flexibility index (Phi) is 12.4. The monoisotopic (exact) mass is 738 g/mol. The van der Waals surface area contributed by atoms with Gasteiger partial charge in [0.25, 0.3) is 0 Å². The zero-order chi connectivity index (χ0) is 35.2. The van der Waals surface area contributed by atoms with Crippen LogP contribution in [-0.4, -0.2) is 68.0 Å². The van der Waals surface area contributed by atoms with Crippen molar-refractivity contribution < 1.29 is 13.9 Å². The Bertz CT molecular complexity index is 1640. The normalized spacial score (nSPS) is 28.5. The fourth-order valence-electron chi connectivity index (χ4n) is 9.16. The number of nitrogens with zero attached hydrogens (tertiary/aromatic N) is 1. The average molecular weight is 739 g/mol. The quantitative estimate of drug-likeness (QED) is 0.179. The van der Waals surface area contributed by atoms with Crippen LogP contribution in [0.2, 0.25) is 0 Å². The van der Waals surface area contributed by atoms with Gasteiger partial charge in [-0.15, -0.1) is 22.7 Å². The molecule has 3 aromatic heterocycles. The minimum absolute atomic E-state index is 0.0295. The van der Waals surface area contributed by atoms with E-state index in [1.807, 2.05) is 5.38 Å². The van der Waals surface area contributed by atoms with E-state index in [1.165, 1.54) is 75.5 Å². The molecule has 2 aliphatic carbocycles. The summed E-state index contributed by atoms with van der Waals surface area (Å²) in [7, 11) is 0. The number of carbonyl (C=O) groups excluding carboxylic acids is 1. The Morgan fingerprint density at radius 1 is 0.922 bits per heavy atom. The zero-order valence-electron chi connectivity index (χ0n) is 30.1. The molecule has 4 aliphatic rings. The Morgan fingerprint density at radius 2 is 1.61 bits per heavy atom. The Hall–Kier alpha value is -2.48. The molecule has 0 bridgehead atoms. The summed E-state index contributed by atoms with van der Waals surface area (Å²) in [6.45, 7) is 2.59. The molecular formula is C39H58N6O4S2. The van der Waals surface area contributed by atoms with Crippen LogP contribution in [0.3, 0.4) is 0 Å². The predicted molar refractivity (Wildman–Crippen MR) is 210 cm³/mol. The van der Waals surface area contributed by atoms with Crippen molar-refractivity contribution in [3.63, 3.8) is 0 Å². The van der Waals surface area contributed by atoms with Crippen LogP contribution in [0.15, 0.2) is 32.1 Å². The number of thiophene rings is 2. The molecule has 51 heavy (non-hydrogen) atoms. The van der Waals surface area contributed by atoms with Gasteiger partial charge in [0.2, 0.25) is 11.3 Å². The summed E-state index contributed by atoms with van der Waals surface area (Å²) in [5.41, 5.74) is 15.2. The fraction of sp³-hybridized carbons (Fsp3) is 0.692. The number of carbonyl (C=O) groups is 1. The SMILES string of the molecule is NC(=O)C1NC2(CCCCCCCCCCCC2)C(N[C@H]2CCCC[C@H]2N)CC1Nc1ccsc1-c1csc2c(=O)cc(N3CCOCC3)oc12. The topological polar surface area (TPSA) is 148 Å². The summed E-state index contributed by atoms with van der Waals surface area (Å²) >= 11 is 3.03. The van der Waals surface area contributed by atoms with E-state index in [1.54, 1.807) is 17.4 Å². The summed E-state index contributed by atoms with van der Waals surface area (Å²) in [5, 5.41) is 16.0. The third-order valence-electron chi connectivity index (χ3n) is 12.0. The number of nitrogens with one attached hydrogen (secondary N) is 3. The molecule has 5 heterocycles. The molecule has 3 unspecified atom stereocenters. The van der Waals surface area contributed by atoms with Crippen LogP contribution in [0.25, 0.3) is 20.7 Å². The van der Waals surface area contributed by atoms with Gasteiger partial charge in [-0.2, -0.15) is 0 Å². The largest absolute Gasteiger partial charge is 0.439 e. The number of primary amides is 1. The van der Waals surface area contributed by atoms with E-state index in [0.717, 1.165) is 61.1 Å². The lowest BCUT2D eigenvalue weighted by atomic mass is 9.71. The molecule has 2 aliphatic heterocycles. The molecule has 280 valence electrons. The number of hydrogen-bond acceptors (Lipinski definition) is 11. The second-order valence-electron chi connectivity index (χ2n) is 15.5. The molecule has 4 fully saturated rings. The molecular weight excluding hydrogens is 681 g/mol. The van der Waals surface area contributed by atoms with Crippen molar-refractivity contribution in [2.75, 3.05) is 36.5 Å². The van der Waals surface area contributed by atoms with Gasteiger partial charge in [-0.05, 0) is 43.6 Å². The summed E-state index contributed by atoms with van der Waals surface area (Å²) in [4.78, 5) is 29.8. The number of fused-ring (bicyclic) bond motifs is 1. The van der Waals surface area contributed by atoms with Crippen molar-refractivity contribution in [1.29, 1.82) is 0 Å². The zero-order valence-corrected chi connectivity index (χ0v) is 31.7. The number of hydrogen-bond donors (Lipinski definition) is 5. The van der Waals surface area contributed by atoms with Gasteiger partial charge >= 0.3 is 0 Å². The van der Waals surface area contributed by atoms with E-state index in [-0.39, 0.29) is 41.0 Å². The third kappa shape index (κ3) is 8.52. The molecule has 10 nitrogen and oxygen atoms in total. The van der Waals surface area contributed by atoms with Gasteiger partial charge in [0.15, 0.2) is 11.5 Å². The number of anilines is 2. The van der Waals surface area contributed by atoms with E-state index in [4.69, 9.17) is 20.6 Å². The maximum atomic E-state index is 13.4. The first-order valence-corrected chi connectivity index (χ1v) is 21.5. The van der Waals surface area contributed by atoms with Crippen LogP contribution in [0.1, 0.15) is 109 Å². The fourth-order valence-corrected chi connectivity index (χ4v) is 11.0. The summed E-state index contributed by atoms with van der Waals surface area (Å²) < 4.78 is 12.6. The predicted octanol–water partition coefficient (Wildman–Crippen LogP) is 6.71. The van der Waals surface area contributed by atoms with Crippen LogP contribution in [0, 0.1) is 0 Å². The molecule has 2 saturated carbocycles. The summed E-state index contributed by atoms with van der Waals surface area (Å²) in [5.74, 6) is 0.265. The first-order chi connectivity index (χ1) is 24.9. The minimum Gasteiger partial charge on any atom is -0.439 e. The van der Waals surface area contributed by atoms with E-state index < -0.39 is 6.04 Å². The third-order valence-corrected chi connectivity index (χ3v) is 14.0. The maximum absolute atomic E-state index is 13.4. The molecule has 3 aromatic rings. The number of piperidine rings is 1. The molecule has 7 rings (SSSR count). The van der Waals surface area contributed by atoms with Crippen molar-refractivity contribution in [1.82, 2.24) is 10.6 Å². The first-order valence-electron chi connectivity index (χ1n) is 19.7. The van der Waals surface area contributed by atoms with Crippen LogP contribution in [0.5, 0.6) is 0 Å². The minimum atomic E-state index is -0.531. The lowest BCUT2D eigenvalue weighted by molar-refractivity contribution is -0.122. The molecule has 2 saturated heterocycles. The molecule has 1 spiro atoms. The standard InChI is InChI=1S/C39H58N6O4S2/c40-27-13-9-10-14-28(27)43-32-23-30(34(38(41)47)44-39(32)16-11-7-5-3-1-2-4-6-8-12-17-39)42-29-15-22-50-36(29)26-25-51-37-31(46)24-33(49-35(26)37)45-18-20-48-21-19-45/h15,22,24-25,27-28,30,32,34,42-44H,1-14,16-21,23,40H2,(H2,41,47)/t27-,28+,30?,32?,34?/m1/s1. The number of nitrogens with two attached hydrogens (primary N) is 2. The van der Waals surface area contributed by atoms with E-state index in [0.29, 0.717) is 42.5 Å². The van der Waals surface area contributed by atoms with Crippen LogP contribution in [-0.2, 0) is 9.53 Å². The van der Waals surface area contributed by atoms with Gasteiger partial charge in [0.1, 0.15) is 10.7 Å². The molecule has 0 aromatic carbocycles. The maximum Gasteiger partial charge on any atom is 0.236 e. The van der Waals surface area contributed by atoms with Gasteiger partial charge in [0.05, 0.1) is 29.8 Å². The van der Waals surface area contributed by atoms with Crippen molar-refractivity contribution in [3.05, 3.63) is 33.1 Å². The first kappa shape index (κ1) is 36.9. The number of rotatable bonds is 7. The summed E-state index contributed by atoms with van der Waals surface area (Å²) in [6.07, 6.45) is 19.9. The van der Waals surface area contributed by atoms with Gasteiger partial charge in [-0.3, -0.25) is 14.9 Å². The number of ether oxygens (including phenoxy) is 1. The molecule has 5 atom stereocenters. The lowest BCUT2D eigenvalue weighted by Crippen LogP contribution is -2.74. The smallest absolute Gasteiger partial charge is 0.236 e. The molecule has 0 radical (unpaired) electrons. The van der Waals surface area contributed by atoms with Crippen molar-refractivity contribution in [3.8, 4) is 10.4 Å². The molecule has 1 amide bonds. The van der Waals surface area contributed by atoms with Gasteiger partial charge in [0, 0.05) is 53.8 Å². The van der Waals surface area contributed by atoms with E-state index in [9.17, 15) is 9.59 Å². The Morgan fingerprint density at radius 3 is 2.29 bits per heavy atom. The molecule has 12 heteroatoms. The lowest BCUT2D eigenvalue weighted by Gasteiger charge is -2.53.